The van der Waals surface area contributed by atoms with E-state index < -0.39 is 11.7 Å². The largest absolute Gasteiger partial charge is 0.302 e. The second-order valence-electron chi connectivity index (χ2n) is 3.48. The first-order valence-corrected chi connectivity index (χ1v) is 5.69. The molecule has 0 fully saturated rings. The molecule has 0 unspecified atom stereocenters. The molecule has 17 heavy (non-hydrogen) atoms. The zero-order valence-corrected chi connectivity index (χ0v) is 9.78. The van der Waals surface area contributed by atoms with Crippen LogP contribution in [-0.4, -0.2) is 21.7 Å². The SMILES string of the molecule is CC.O=C1Nc2nc3c(nc2C1=O)C=CCC3. The highest BCUT2D eigenvalue weighted by atomic mass is 16.2. The fraction of sp³-hybridized carbons (Fsp3) is 0.333. The number of rotatable bonds is 0. The Morgan fingerprint density at radius 1 is 1.24 bits per heavy atom. The molecule has 0 bridgehead atoms. The van der Waals surface area contributed by atoms with Gasteiger partial charge in [-0.25, -0.2) is 9.97 Å². The second-order valence-corrected chi connectivity index (χ2v) is 3.48. The van der Waals surface area contributed by atoms with E-state index in [1.54, 1.807) is 0 Å². The molecule has 1 N–H and O–H groups in total. The number of hydrogen-bond acceptors (Lipinski definition) is 4. The summed E-state index contributed by atoms with van der Waals surface area (Å²) in [5.74, 6) is -0.936. The average molecular weight is 231 g/mol. The molecule has 1 aliphatic carbocycles. The summed E-state index contributed by atoms with van der Waals surface area (Å²) in [5.41, 5.74) is 1.68. The molecule has 0 saturated heterocycles. The summed E-state index contributed by atoms with van der Waals surface area (Å²) >= 11 is 0. The number of nitrogens with one attached hydrogen (secondary N) is 1. The molecule has 88 valence electrons. The maximum absolute atomic E-state index is 11.3. The molecular formula is C12H13N3O2. The minimum Gasteiger partial charge on any atom is -0.302 e. The predicted molar refractivity (Wildman–Crippen MR) is 63.7 cm³/mol. The lowest BCUT2D eigenvalue weighted by Crippen LogP contribution is -2.13. The van der Waals surface area contributed by atoms with E-state index in [2.05, 4.69) is 15.3 Å². The number of fused-ring (bicyclic) bond motifs is 2. The van der Waals surface area contributed by atoms with Gasteiger partial charge in [0.1, 0.15) is 0 Å². The van der Waals surface area contributed by atoms with Gasteiger partial charge in [-0.2, -0.15) is 0 Å². The second kappa shape index (κ2) is 4.45. The number of allylic oxidation sites excluding steroid dienone is 1. The summed E-state index contributed by atoms with van der Waals surface area (Å²) < 4.78 is 0. The first kappa shape index (κ1) is 11.4. The Labute approximate surface area is 99.0 Å². The van der Waals surface area contributed by atoms with E-state index in [1.807, 2.05) is 26.0 Å². The van der Waals surface area contributed by atoms with E-state index in [1.165, 1.54) is 0 Å². The van der Waals surface area contributed by atoms with Crippen LogP contribution in [-0.2, 0) is 11.2 Å². The molecule has 0 radical (unpaired) electrons. The number of carbonyl (C=O) groups excluding carboxylic acids is 2. The number of anilines is 1. The third-order valence-corrected chi connectivity index (χ3v) is 2.48. The van der Waals surface area contributed by atoms with Crippen molar-refractivity contribution in [3.8, 4) is 0 Å². The first-order chi connectivity index (χ1) is 8.25. The van der Waals surface area contributed by atoms with Gasteiger partial charge in [0.05, 0.1) is 11.4 Å². The van der Waals surface area contributed by atoms with Crippen molar-refractivity contribution in [3.63, 3.8) is 0 Å². The standard InChI is InChI=1S/C10H7N3O2.C2H6/c14-8-7-9(13-10(8)15)12-6-4-2-1-3-5(6)11-7;1-2/h1,3H,2,4H2,(H,12,13,14,15);1-2H3. The molecular weight excluding hydrogens is 218 g/mol. The van der Waals surface area contributed by atoms with Crippen LogP contribution < -0.4 is 5.32 Å². The van der Waals surface area contributed by atoms with Crippen molar-refractivity contribution >= 4 is 23.6 Å². The van der Waals surface area contributed by atoms with Gasteiger partial charge in [-0.3, -0.25) is 9.59 Å². The van der Waals surface area contributed by atoms with Gasteiger partial charge >= 0.3 is 0 Å². The monoisotopic (exact) mass is 231 g/mol. The quantitative estimate of drug-likeness (QED) is 0.688. The summed E-state index contributed by atoms with van der Waals surface area (Å²) in [6.07, 6.45) is 5.54. The first-order valence-electron chi connectivity index (χ1n) is 5.69. The van der Waals surface area contributed by atoms with Crippen LogP contribution in [0.25, 0.3) is 6.08 Å². The van der Waals surface area contributed by atoms with Crippen molar-refractivity contribution in [3.05, 3.63) is 23.2 Å². The third kappa shape index (κ3) is 1.84. The zero-order valence-electron chi connectivity index (χ0n) is 9.78. The van der Waals surface area contributed by atoms with Gasteiger partial charge in [-0.15, -0.1) is 0 Å². The highest BCUT2D eigenvalue weighted by Crippen LogP contribution is 2.23. The number of aromatic nitrogens is 2. The number of Topliss-reactive ketones (excluding diaryl/α,β-unsaturated/α-hetero) is 1. The maximum atomic E-state index is 11.3. The molecule has 0 atom stereocenters. The summed E-state index contributed by atoms with van der Waals surface area (Å²) in [4.78, 5) is 30.8. The van der Waals surface area contributed by atoms with Crippen molar-refractivity contribution in [1.82, 2.24) is 9.97 Å². The lowest BCUT2D eigenvalue weighted by molar-refractivity contribution is -0.112. The molecule has 5 heteroatoms. The number of amides is 1. The van der Waals surface area contributed by atoms with Crippen LogP contribution >= 0.6 is 0 Å². The summed E-state index contributed by atoms with van der Waals surface area (Å²) in [6.45, 7) is 4.00. The fourth-order valence-corrected chi connectivity index (χ4v) is 1.73. The molecule has 5 nitrogen and oxygen atoms in total. The topological polar surface area (TPSA) is 72.0 Å². The molecule has 0 saturated carbocycles. The number of carbonyl (C=O) groups is 2. The molecule has 0 aromatic carbocycles. The normalized spacial score (nSPS) is 15.6. The maximum Gasteiger partial charge on any atom is 0.299 e. The van der Waals surface area contributed by atoms with Crippen LogP contribution in [0.3, 0.4) is 0 Å². The smallest absolute Gasteiger partial charge is 0.299 e. The number of hydrogen-bond donors (Lipinski definition) is 1. The van der Waals surface area contributed by atoms with E-state index in [-0.39, 0.29) is 5.69 Å². The molecule has 1 aromatic rings. The Morgan fingerprint density at radius 2 is 2.00 bits per heavy atom. The van der Waals surface area contributed by atoms with Crippen molar-refractivity contribution in [2.45, 2.75) is 26.7 Å². The van der Waals surface area contributed by atoms with E-state index in [0.717, 1.165) is 18.5 Å². The van der Waals surface area contributed by atoms with Crippen molar-refractivity contribution in [1.29, 1.82) is 0 Å². The van der Waals surface area contributed by atoms with E-state index >= 15 is 0 Å². The molecule has 2 heterocycles. The number of nitrogens with zero attached hydrogens (tertiary/aromatic N) is 2. The summed E-state index contributed by atoms with van der Waals surface area (Å²) in [7, 11) is 0. The van der Waals surface area contributed by atoms with Crippen LogP contribution in [0.1, 0.15) is 42.1 Å². The van der Waals surface area contributed by atoms with Crippen LogP contribution in [0.15, 0.2) is 6.08 Å². The highest BCUT2D eigenvalue weighted by molar-refractivity contribution is 6.50. The van der Waals surface area contributed by atoms with Gasteiger partial charge in [-0.05, 0) is 18.9 Å². The van der Waals surface area contributed by atoms with Crippen molar-refractivity contribution < 1.29 is 9.59 Å². The van der Waals surface area contributed by atoms with Gasteiger partial charge in [0, 0.05) is 0 Å². The third-order valence-electron chi connectivity index (χ3n) is 2.48. The average Bonchev–Trinajstić information content (AvgIpc) is 2.65. The molecule has 1 aliphatic heterocycles. The Kier molecular flexibility index (Phi) is 2.99. The van der Waals surface area contributed by atoms with Gasteiger partial charge < -0.3 is 5.32 Å². The van der Waals surface area contributed by atoms with Gasteiger partial charge in [-0.1, -0.05) is 19.9 Å². The van der Waals surface area contributed by atoms with Gasteiger partial charge in [0.2, 0.25) is 0 Å². The lowest BCUT2D eigenvalue weighted by Gasteiger charge is -2.08. The van der Waals surface area contributed by atoms with E-state index in [4.69, 9.17) is 0 Å². The number of aryl methyl sites for hydroxylation is 1. The highest BCUT2D eigenvalue weighted by Gasteiger charge is 2.32. The summed E-state index contributed by atoms with van der Waals surface area (Å²) in [6, 6.07) is 0. The Hall–Kier alpha value is -2.04. The molecule has 3 rings (SSSR count). The molecule has 0 spiro atoms. The van der Waals surface area contributed by atoms with E-state index in [9.17, 15) is 9.59 Å². The predicted octanol–water partition coefficient (Wildman–Crippen LogP) is 1.60. The van der Waals surface area contributed by atoms with Crippen LogP contribution in [0.5, 0.6) is 0 Å². The minimum atomic E-state index is -0.642. The Morgan fingerprint density at radius 3 is 2.76 bits per heavy atom. The fourth-order valence-electron chi connectivity index (χ4n) is 1.73. The van der Waals surface area contributed by atoms with Crippen LogP contribution in [0, 0.1) is 0 Å². The Balaban J connectivity index is 0.000000514. The summed E-state index contributed by atoms with van der Waals surface area (Å²) in [5, 5.41) is 2.41. The van der Waals surface area contributed by atoms with Crippen molar-refractivity contribution in [2.24, 2.45) is 0 Å². The van der Waals surface area contributed by atoms with Gasteiger partial charge in [0.25, 0.3) is 11.7 Å². The number of ketones is 1. The lowest BCUT2D eigenvalue weighted by atomic mass is 10.1. The molecule has 2 aliphatic rings. The molecule has 1 aromatic heterocycles. The van der Waals surface area contributed by atoms with Crippen LogP contribution in [0.4, 0.5) is 5.82 Å². The van der Waals surface area contributed by atoms with Gasteiger partial charge in [0.15, 0.2) is 11.5 Å². The zero-order chi connectivity index (χ0) is 12.4. The van der Waals surface area contributed by atoms with Crippen molar-refractivity contribution in [2.75, 3.05) is 5.32 Å². The Bertz CT molecular complexity index is 521. The van der Waals surface area contributed by atoms with Crippen LogP contribution in [0.2, 0.25) is 0 Å². The molecule has 1 amide bonds. The minimum absolute atomic E-state index is 0.144. The van der Waals surface area contributed by atoms with E-state index in [0.29, 0.717) is 11.5 Å².